The van der Waals surface area contributed by atoms with Gasteiger partial charge in [-0.3, -0.25) is 9.48 Å². The Hall–Kier alpha value is -2.36. The topological polar surface area (TPSA) is 78.7 Å². The van der Waals surface area contributed by atoms with Crippen molar-refractivity contribution in [2.75, 3.05) is 26.2 Å². The SMILES string of the molecule is O=C(CC1=CCCCC1)N1Cc2ccnn2C(CN2CCCCC2)C1.O=C(O)C(F)(F)F. The van der Waals surface area contributed by atoms with E-state index < -0.39 is 12.1 Å². The number of carbonyl (C=O) groups excluding carboxylic acids is 1. The molecule has 32 heavy (non-hydrogen) atoms. The van der Waals surface area contributed by atoms with Gasteiger partial charge in [-0.1, -0.05) is 18.1 Å². The number of fused-ring (bicyclic) bond motifs is 1. The standard InChI is InChI=1S/C20H30N4O.C2HF3O2/c25-20(13-17-7-3-1-4-8-17)23-15-18-9-10-21-24(18)19(16-23)14-22-11-5-2-6-12-22;3-2(4,5)1(6)7/h7,9-10,19H,1-6,8,11-16H2;(H,6,7). The number of likely N-dealkylation sites (tertiary alicyclic amines) is 1. The number of aliphatic carboxylic acids is 1. The van der Waals surface area contributed by atoms with Crippen LogP contribution < -0.4 is 0 Å². The average Bonchev–Trinajstić information content (AvgIpc) is 3.24. The third-order valence-corrected chi connectivity index (χ3v) is 6.16. The molecule has 1 amide bonds. The number of amides is 1. The van der Waals surface area contributed by atoms with Gasteiger partial charge >= 0.3 is 12.1 Å². The van der Waals surface area contributed by atoms with Crippen molar-refractivity contribution in [1.29, 1.82) is 0 Å². The van der Waals surface area contributed by atoms with E-state index in [1.165, 1.54) is 56.5 Å². The van der Waals surface area contributed by atoms with Crippen molar-refractivity contribution >= 4 is 11.9 Å². The first-order chi connectivity index (χ1) is 15.2. The first kappa shape index (κ1) is 24.3. The summed E-state index contributed by atoms with van der Waals surface area (Å²) in [7, 11) is 0. The molecule has 0 bridgehead atoms. The number of carbonyl (C=O) groups is 2. The molecule has 178 valence electrons. The van der Waals surface area contributed by atoms with E-state index in [0.29, 0.717) is 24.9 Å². The predicted octanol–water partition coefficient (Wildman–Crippen LogP) is 3.78. The van der Waals surface area contributed by atoms with Gasteiger partial charge in [0, 0.05) is 25.7 Å². The molecular formula is C22H31F3N4O3. The van der Waals surface area contributed by atoms with E-state index in [1.807, 2.05) is 6.20 Å². The van der Waals surface area contributed by atoms with Gasteiger partial charge in [0.05, 0.1) is 18.3 Å². The van der Waals surface area contributed by atoms with Crippen LogP contribution >= 0.6 is 0 Å². The maximum absolute atomic E-state index is 12.9. The number of carboxylic acids is 1. The number of carboxylic acid groups (broad SMARTS) is 1. The lowest BCUT2D eigenvalue weighted by molar-refractivity contribution is -0.192. The van der Waals surface area contributed by atoms with Gasteiger partial charge in [-0.2, -0.15) is 18.3 Å². The van der Waals surface area contributed by atoms with Crippen molar-refractivity contribution in [3.05, 3.63) is 29.6 Å². The normalized spacial score (nSPS) is 21.8. The Kier molecular flexibility index (Phi) is 8.33. The minimum absolute atomic E-state index is 0.293. The monoisotopic (exact) mass is 456 g/mol. The number of halogens is 3. The van der Waals surface area contributed by atoms with E-state index >= 15 is 0 Å². The second-order valence-corrected chi connectivity index (χ2v) is 8.64. The largest absolute Gasteiger partial charge is 0.490 e. The van der Waals surface area contributed by atoms with Crippen LogP contribution in [0.3, 0.4) is 0 Å². The van der Waals surface area contributed by atoms with Gasteiger partial charge in [0.15, 0.2) is 0 Å². The smallest absolute Gasteiger partial charge is 0.475 e. The fourth-order valence-corrected chi connectivity index (χ4v) is 4.52. The van der Waals surface area contributed by atoms with Crippen LogP contribution in [0.1, 0.15) is 63.1 Å². The molecule has 1 fully saturated rings. The molecule has 7 nitrogen and oxygen atoms in total. The lowest BCUT2D eigenvalue weighted by atomic mass is 9.96. The first-order valence-corrected chi connectivity index (χ1v) is 11.2. The third kappa shape index (κ3) is 6.82. The van der Waals surface area contributed by atoms with E-state index in [0.717, 1.165) is 25.9 Å². The molecule has 1 atom stereocenters. The van der Waals surface area contributed by atoms with Crippen LogP contribution in [0, 0.1) is 0 Å². The lowest BCUT2D eigenvalue weighted by Gasteiger charge is -2.37. The van der Waals surface area contributed by atoms with Crippen molar-refractivity contribution in [2.45, 2.75) is 70.1 Å². The van der Waals surface area contributed by atoms with Gasteiger partial charge < -0.3 is 14.9 Å². The van der Waals surface area contributed by atoms with Crippen molar-refractivity contribution < 1.29 is 27.9 Å². The highest BCUT2D eigenvalue weighted by atomic mass is 19.4. The summed E-state index contributed by atoms with van der Waals surface area (Å²) in [5.41, 5.74) is 2.53. The summed E-state index contributed by atoms with van der Waals surface area (Å²) in [4.78, 5) is 26.4. The number of rotatable bonds is 4. The predicted molar refractivity (Wildman–Crippen MR) is 112 cm³/mol. The summed E-state index contributed by atoms with van der Waals surface area (Å²) in [6.45, 7) is 4.91. The molecule has 0 aromatic carbocycles. The molecule has 1 unspecified atom stereocenters. The number of hydrogen-bond donors (Lipinski definition) is 1. The Labute approximate surface area is 185 Å². The Balaban J connectivity index is 0.000000360. The number of aromatic nitrogens is 2. The van der Waals surface area contributed by atoms with Gasteiger partial charge in [-0.05, 0) is 57.7 Å². The summed E-state index contributed by atoms with van der Waals surface area (Å²) >= 11 is 0. The molecule has 1 aromatic heterocycles. The zero-order chi connectivity index (χ0) is 23.1. The Morgan fingerprint density at radius 3 is 2.47 bits per heavy atom. The number of allylic oxidation sites excluding steroid dienone is 1. The minimum atomic E-state index is -5.08. The zero-order valence-electron chi connectivity index (χ0n) is 18.2. The summed E-state index contributed by atoms with van der Waals surface area (Å²) in [5, 5.41) is 11.7. The highest BCUT2D eigenvalue weighted by molar-refractivity contribution is 5.79. The van der Waals surface area contributed by atoms with Crippen LogP contribution in [-0.2, 0) is 16.1 Å². The van der Waals surface area contributed by atoms with E-state index in [-0.39, 0.29) is 0 Å². The number of piperidine rings is 1. The maximum Gasteiger partial charge on any atom is 0.490 e. The molecule has 0 radical (unpaired) electrons. The Bertz CT molecular complexity index is 816. The Morgan fingerprint density at radius 1 is 1.12 bits per heavy atom. The van der Waals surface area contributed by atoms with Crippen molar-refractivity contribution in [1.82, 2.24) is 19.6 Å². The number of nitrogens with zero attached hydrogens (tertiary/aromatic N) is 4. The summed E-state index contributed by atoms with van der Waals surface area (Å²) < 4.78 is 33.9. The van der Waals surface area contributed by atoms with E-state index in [1.54, 1.807) is 0 Å². The maximum atomic E-state index is 12.9. The molecule has 0 saturated carbocycles. The molecule has 1 saturated heterocycles. The summed E-state index contributed by atoms with van der Waals surface area (Å²) in [5.74, 6) is -2.46. The van der Waals surface area contributed by atoms with Crippen molar-refractivity contribution in [3.63, 3.8) is 0 Å². The van der Waals surface area contributed by atoms with E-state index in [2.05, 4.69) is 31.7 Å². The van der Waals surface area contributed by atoms with Gasteiger partial charge in [-0.15, -0.1) is 0 Å². The average molecular weight is 457 g/mol. The molecule has 4 rings (SSSR count). The summed E-state index contributed by atoms with van der Waals surface area (Å²) in [6.07, 6.45) is 8.43. The molecule has 3 heterocycles. The molecular weight excluding hydrogens is 425 g/mol. The number of hydrogen-bond acceptors (Lipinski definition) is 4. The molecule has 2 aliphatic heterocycles. The van der Waals surface area contributed by atoms with Crippen LogP contribution in [0.15, 0.2) is 23.9 Å². The van der Waals surface area contributed by atoms with Crippen LogP contribution in [0.2, 0.25) is 0 Å². The molecule has 1 aromatic rings. The lowest BCUT2D eigenvalue weighted by Crippen LogP contribution is -2.46. The molecule has 1 aliphatic carbocycles. The minimum Gasteiger partial charge on any atom is -0.475 e. The fraction of sp³-hybridized carbons (Fsp3) is 0.682. The molecule has 0 spiro atoms. The highest BCUT2D eigenvalue weighted by Gasteiger charge is 2.38. The number of alkyl halides is 3. The van der Waals surface area contributed by atoms with Crippen molar-refractivity contribution in [3.8, 4) is 0 Å². The second kappa shape index (κ2) is 11.0. The van der Waals surface area contributed by atoms with Gasteiger partial charge in [-0.25, -0.2) is 4.79 Å². The van der Waals surface area contributed by atoms with Crippen LogP contribution in [0.4, 0.5) is 13.2 Å². The highest BCUT2D eigenvalue weighted by Crippen LogP contribution is 2.26. The van der Waals surface area contributed by atoms with E-state index in [9.17, 15) is 18.0 Å². The van der Waals surface area contributed by atoms with Gasteiger partial charge in [0.1, 0.15) is 0 Å². The van der Waals surface area contributed by atoms with Crippen LogP contribution in [0.25, 0.3) is 0 Å². The van der Waals surface area contributed by atoms with Gasteiger partial charge in [0.25, 0.3) is 0 Å². The quantitative estimate of drug-likeness (QED) is 0.698. The molecule has 1 N–H and O–H groups in total. The Morgan fingerprint density at radius 2 is 1.84 bits per heavy atom. The third-order valence-electron chi connectivity index (χ3n) is 6.16. The van der Waals surface area contributed by atoms with E-state index in [4.69, 9.17) is 9.90 Å². The first-order valence-electron chi connectivity index (χ1n) is 11.2. The van der Waals surface area contributed by atoms with Crippen LogP contribution in [0.5, 0.6) is 0 Å². The van der Waals surface area contributed by atoms with Crippen LogP contribution in [-0.4, -0.2) is 68.9 Å². The van der Waals surface area contributed by atoms with Gasteiger partial charge in [0.2, 0.25) is 5.91 Å². The fourth-order valence-electron chi connectivity index (χ4n) is 4.52. The zero-order valence-corrected chi connectivity index (χ0v) is 18.2. The molecule has 3 aliphatic rings. The van der Waals surface area contributed by atoms with Crippen molar-refractivity contribution in [2.24, 2.45) is 0 Å². The summed E-state index contributed by atoms with van der Waals surface area (Å²) in [6, 6.07) is 2.36. The molecule has 10 heteroatoms. The second-order valence-electron chi connectivity index (χ2n) is 8.64.